The summed E-state index contributed by atoms with van der Waals surface area (Å²) >= 11 is 0. The van der Waals surface area contributed by atoms with Crippen molar-refractivity contribution < 1.29 is 9.59 Å². The van der Waals surface area contributed by atoms with Gasteiger partial charge in [-0.15, -0.1) is 0 Å². The van der Waals surface area contributed by atoms with E-state index < -0.39 is 0 Å². The van der Waals surface area contributed by atoms with Crippen molar-refractivity contribution in [1.29, 1.82) is 0 Å². The lowest BCUT2D eigenvalue weighted by Gasteiger charge is -2.07. The number of allylic oxidation sites excluding steroid dienone is 2. The Morgan fingerprint density at radius 1 is 0.793 bits per heavy atom. The first-order valence-electron chi connectivity index (χ1n) is 11.4. The molecule has 0 unspecified atom stereocenters. The van der Waals surface area contributed by atoms with Crippen LogP contribution in [0.15, 0.2) is 36.7 Å². The molecule has 0 aromatic carbocycles. The van der Waals surface area contributed by atoms with Crippen LogP contribution in [0.5, 0.6) is 0 Å². The summed E-state index contributed by atoms with van der Waals surface area (Å²) < 4.78 is 0. The van der Waals surface area contributed by atoms with Gasteiger partial charge in [0, 0.05) is 24.4 Å². The predicted octanol–water partition coefficient (Wildman–Crippen LogP) is 5.88. The normalized spacial score (nSPS) is 10.9. The molecule has 0 saturated heterocycles. The molecule has 0 atom stereocenters. The first-order chi connectivity index (χ1) is 14.2. The summed E-state index contributed by atoms with van der Waals surface area (Å²) in [4.78, 5) is 27.4. The second-order valence-electron chi connectivity index (χ2n) is 7.57. The van der Waals surface area contributed by atoms with Crippen molar-refractivity contribution in [2.24, 2.45) is 0 Å². The summed E-state index contributed by atoms with van der Waals surface area (Å²) in [6.07, 6.45) is 24.2. The number of pyridine rings is 1. The van der Waals surface area contributed by atoms with Gasteiger partial charge in [0.25, 0.3) is 5.91 Å². The molecule has 29 heavy (non-hydrogen) atoms. The van der Waals surface area contributed by atoms with Crippen LogP contribution in [-0.2, 0) is 4.79 Å². The van der Waals surface area contributed by atoms with Crippen molar-refractivity contribution >= 4 is 11.8 Å². The van der Waals surface area contributed by atoms with E-state index in [1.807, 2.05) is 0 Å². The monoisotopic (exact) mass is 401 g/mol. The molecule has 0 aliphatic rings. The average Bonchev–Trinajstić information content (AvgIpc) is 2.75. The van der Waals surface area contributed by atoms with E-state index in [1.165, 1.54) is 57.8 Å². The van der Waals surface area contributed by atoms with Crippen molar-refractivity contribution in [2.45, 2.75) is 96.8 Å². The zero-order valence-electron chi connectivity index (χ0n) is 18.1. The second-order valence-corrected chi connectivity index (χ2v) is 7.57. The molecule has 0 aliphatic heterocycles. The minimum atomic E-state index is -0.328. The van der Waals surface area contributed by atoms with Crippen LogP contribution in [0.1, 0.15) is 107 Å². The number of nitrogens with zero attached hydrogens (tertiary/aromatic N) is 1. The van der Waals surface area contributed by atoms with Crippen molar-refractivity contribution in [2.75, 3.05) is 0 Å². The fourth-order valence-corrected chi connectivity index (χ4v) is 3.12. The molecule has 0 saturated carbocycles. The van der Waals surface area contributed by atoms with Gasteiger partial charge in [-0.1, -0.05) is 70.4 Å². The second kappa shape index (κ2) is 17.9. The molecule has 5 nitrogen and oxygen atoms in total. The SMILES string of the molecule is CCCCCCCC/C=C/CCCCCCCC(=O)NNC(=O)c1ccncc1. The van der Waals surface area contributed by atoms with Crippen LogP contribution in [0.3, 0.4) is 0 Å². The topological polar surface area (TPSA) is 71.1 Å². The predicted molar refractivity (Wildman–Crippen MR) is 119 cm³/mol. The molecule has 1 aromatic heterocycles. The molecule has 162 valence electrons. The Bertz CT molecular complexity index is 573. The lowest BCUT2D eigenvalue weighted by molar-refractivity contribution is -0.122. The molecule has 0 fully saturated rings. The van der Waals surface area contributed by atoms with E-state index in [0.717, 1.165) is 25.7 Å². The highest BCUT2D eigenvalue weighted by molar-refractivity contribution is 5.95. The minimum absolute atomic E-state index is 0.148. The van der Waals surface area contributed by atoms with E-state index in [4.69, 9.17) is 0 Å². The summed E-state index contributed by atoms with van der Waals surface area (Å²) in [7, 11) is 0. The van der Waals surface area contributed by atoms with Crippen LogP contribution in [-0.4, -0.2) is 16.8 Å². The zero-order chi connectivity index (χ0) is 21.0. The number of hydrazine groups is 1. The van der Waals surface area contributed by atoms with E-state index in [1.54, 1.807) is 24.5 Å². The van der Waals surface area contributed by atoms with E-state index in [0.29, 0.717) is 12.0 Å². The van der Waals surface area contributed by atoms with Crippen LogP contribution >= 0.6 is 0 Å². The number of hydrogen-bond acceptors (Lipinski definition) is 3. The van der Waals surface area contributed by atoms with Crippen LogP contribution < -0.4 is 10.9 Å². The molecule has 1 aromatic rings. The van der Waals surface area contributed by atoms with Crippen LogP contribution in [0, 0.1) is 0 Å². The Morgan fingerprint density at radius 2 is 1.34 bits per heavy atom. The highest BCUT2D eigenvalue weighted by Gasteiger charge is 2.06. The van der Waals surface area contributed by atoms with Gasteiger partial charge in [0.05, 0.1) is 0 Å². The highest BCUT2D eigenvalue weighted by Crippen LogP contribution is 2.09. The molecule has 0 radical (unpaired) electrons. The van der Waals surface area contributed by atoms with Gasteiger partial charge in [-0.05, 0) is 44.2 Å². The van der Waals surface area contributed by atoms with Gasteiger partial charge in [-0.2, -0.15) is 0 Å². The van der Waals surface area contributed by atoms with Crippen molar-refractivity contribution in [3.05, 3.63) is 42.2 Å². The van der Waals surface area contributed by atoms with Gasteiger partial charge >= 0.3 is 0 Å². The molecule has 1 rings (SSSR count). The summed E-state index contributed by atoms with van der Waals surface area (Å²) in [5.74, 6) is -0.477. The van der Waals surface area contributed by atoms with Gasteiger partial charge in [-0.25, -0.2) is 0 Å². The van der Waals surface area contributed by atoms with Crippen LogP contribution in [0.2, 0.25) is 0 Å². The largest absolute Gasteiger partial charge is 0.273 e. The number of rotatable bonds is 16. The van der Waals surface area contributed by atoms with Gasteiger partial charge in [0.1, 0.15) is 0 Å². The Morgan fingerprint density at radius 3 is 1.97 bits per heavy atom. The van der Waals surface area contributed by atoms with Gasteiger partial charge in [0.2, 0.25) is 5.91 Å². The fourth-order valence-electron chi connectivity index (χ4n) is 3.12. The number of aromatic nitrogens is 1. The third-order valence-electron chi connectivity index (χ3n) is 4.92. The first kappa shape index (κ1) is 24.9. The standard InChI is InChI=1S/C24H39N3O2/c1-2-3-4-5-6-7-8-9-10-11-12-13-14-15-16-17-23(28)26-27-24(29)22-18-20-25-21-19-22/h9-10,18-21H,2-8,11-17H2,1H3,(H,26,28)(H,27,29)/b10-9+. The average molecular weight is 402 g/mol. The lowest BCUT2D eigenvalue weighted by Crippen LogP contribution is -2.41. The summed E-state index contributed by atoms with van der Waals surface area (Å²) in [6, 6.07) is 3.21. The van der Waals surface area contributed by atoms with E-state index in [-0.39, 0.29) is 11.8 Å². The van der Waals surface area contributed by atoms with Crippen molar-refractivity contribution in [3.63, 3.8) is 0 Å². The van der Waals surface area contributed by atoms with Gasteiger partial charge in [-0.3, -0.25) is 25.4 Å². The third-order valence-corrected chi connectivity index (χ3v) is 4.92. The summed E-state index contributed by atoms with van der Waals surface area (Å²) in [5.41, 5.74) is 5.36. The maximum Gasteiger partial charge on any atom is 0.269 e. The summed E-state index contributed by atoms with van der Waals surface area (Å²) in [5, 5.41) is 0. The molecule has 0 aliphatic carbocycles. The van der Waals surface area contributed by atoms with Crippen molar-refractivity contribution in [3.8, 4) is 0 Å². The highest BCUT2D eigenvalue weighted by atomic mass is 16.2. The number of unbranched alkanes of at least 4 members (excludes halogenated alkanes) is 11. The maximum absolute atomic E-state index is 11.8. The smallest absolute Gasteiger partial charge is 0.269 e. The van der Waals surface area contributed by atoms with Crippen LogP contribution in [0.25, 0.3) is 0 Å². The Balaban J connectivity index is 1.87. The van der Waals surface area contributed by atoms with E-state index in [9.17, 15) is 9.59 Å². The molecule has 0 bridgehead atoms. The Kier molecular flexibility index (Phi) is 15.3. The summed E-state index contributed by atoms with van der Waals surface area (Å²) in [6.45, 7) is 2.26. The molecule has 2 N–H and O–H groups in total. The first-order valence-corrected chi connectivity index (χ1v) is 11.4. The molecule has 0 spiro atoms. The fraction of sp³-hybridized carbons (Fsp3) is 0.625. The van der Waals surface area contributed by atoms with Gasteiger partial charge in [0.15, 0.2) is 0 Å². The van der Waals surface area contributed by atoms with Crippen LogP contribution in [0.4, 0.5) is 0 Å². The van der Waals surface area contributed by atoms with Gasteiger partial charge < -0.3 is 0 Å². The molecule has 5 heteroatoms. The molecular weight excluding hydrogens is 362 g/mol. The Hall–Kier alpha value is -2.17. The van der Waals surface area contributed by atoms with E-state index in [2.05, 4.69) is 34.9 Å². The lowest BCUT2D eigenvalue weighted by atomic mass is 10.1. The number of carbonyl (C=O) groups is 2. The number of hydrogen-bond donors (Lipinski definition) is 2. The molecule has 2 amide bonds. The van der Waals surface area contributed by atoms with Crippen molar-refractivity contribution in [1.82, 2.24) is 15.8 Å². The third kappa shape index (κ3) is 14.5. The minimum Gasteiger partial charge on any atom is -0.273 e. The van der Waals surface area contributed by atoms with E-state index >= 15 is 0 Å². The Labute approximate surface area is 176 Å². The molecular formula is C24H39N3O2. The number of carbonyl (C=O) groups excluding carboxylic acids is 2. The number of nitrogens with one attached hydrogen (secondary N) is 2. The quantitative estimate of drug-likeness (QED) is 0.206. The molecule has 1 heterocycles. The maximum atomic E-state index is 11.8. The zero-order valence-corrected chi connectivity index (χ0v) is 18.1. The number of amides is 2.